The second-order valence-electron chi connectivity index (χ2n) is 12.0. The van der Waals surface area contributed by atoms with Gasteiger partial charge in [-0.2, -0.15) is 0 Å². The molecule has 0 bridgehead atoms. The van der Waals surface area contributed by atoms with Crippen molar-refractivity contribution in [2.45, 2.75) is 185 Å². The summed E-state index contributed by atoms with van der Waals surface area (Å²) >= 11 is 0. The average molecular weight is 569 g/mol. The summed E-state index contributed by atoms with van der Waals surface area (Å²) in [6.07, 6.45) is 31.1. The van der Waals surface area contributed by atoms with Gasteiger partial charge in [0.15, 0.2) is 0 Å². The summed E-state index contributed by atoms with van der Waals surface area (Å²) in [6, 6.07) is 0. The van der Waals surface area contributed by atoms with Crippen molar-refractivity contribution in [2.24, 2.45) is 0 Å². The molecule has 1 aliphatic rings. The number of unbranched alkanes of at least 4 members (excludes halogenated alkanes) is 21. The molecule has 1 fully saturated rings. The van der Waals surface area contributed by atoms with Crippen LogP contribution in [0.3, 0.4) is 0 Å². The van der Waals surface area contributed by atoms with E-state index in [-0.39, 0.29) is 19.2 Å². The summed E-state index contributed by atoms with van der Waals surface area (Å²) in [5.41, 5.74) is 0. The molecule has 0 radical (unpaired) electrons. The van der Waals surface area contributed by atoms with Crippen molar-refractivity contribution < 1.29 is 29.6 Å². The number of esters is 1. The highest BCUT2D eigenvalue weighted by Crippen LogP contribution is 2.18. The lowest BCUT2D eigenvalue weighted by Crippen LogP contribution is -2.41. The van der Waals surface area contributed by atoms with Gasteiger partial charge in [-0.15, -0.1) is 0 Å². The fourth-order valence-electron chi connectivity index (χ4n) is 5.42. The van der Waals surface area contributed by atoms with Gasteiger partial charge in [0.25, 0.3) is 0 Å². The number of rotatable bonds is 28. The van der Waals surface area contributed by atoms with Gasteiger partial charge in [0, 0.05) is 6.42 Å². The quantitative estimate of drug-likeness (QED) is 0.0503. The van der Waals surface area contributed by atoms with Gasteiger partial charge >= 0.3 is 5.97 Å². The molecule has 1 aliphatic heterocycles. The van der Waals surface area contributed by atoms with E-state index < -0.39 is 24.4 Å². The van der Waals surface area contributed by atoms with Gasteiger partial charge in [0.1, 0.15) is 31.0 Å². The van der Waals surface area contributed by atoms with E-state index >= 15 is 0 Å². The Hall–Kier alpha value is -0.950. The van der Waals surface area contributed by atoms with Crippen molar-refractivity contribution in [1.82, 2.24) is 0 Å². The minimum absolute atomic E-state index is 0.0190. The smallest absolute Gasteiger partial charge is 0.305 e. The zero-order chi connectivity index (χ0) is 29.1. The molecule has 4 atom stereocenters. The van der Waals surface area contributed by atoms with Crippen LogP contribution in [-0.2, 0) is 14.3 Å². The second kappa shape index (κ2) is 26.9. The summed E-state index contributed by atoms with van der Waals surface area (Å²) in [6.45, 7) is 2.04. The Morgan fingerprint density at radius 3 is 1.57 bits per heavy atom. The Morgan fingerprint density at radius 1 is 0.725 bits per heavy atom. The fourth-order valence-corrected chi connectivity index (χ4v) is 5.42. The third-order valence-corrected chi connectivity index (χ3v) is 8.13. The van der Waals surface area contributed by atoms with Crippen LogP contribution in [0.2, 0.25) is 0 Å². The number of carbonyl (C=O) groups is 1. The zero-order valence-corrected chi connectivity index (χ0v) is 25.9. The van der Waals surface area contributed by atoms with E-state index in [0.717, 1.165) is 19.3 Å². The molecular formula is C34H64O6. The standard InChI is InChI=1S/C34H64O6/c1-2-3-4-5-6-7-8-9-10-11-12-13-14-15-16-17-18-19-20-21-22-23-24-25-26-27-32(37)39-29-31(36)34-33(38)30(35)28-40-34/h9-10,30-31,33-36,38H,2-8,11-29H2,1H3/b10-9+. The highest BCUT2D eigenvalue weighted by molar-refractivity contribution is 5.69. The van der Waals surface area contributed by atoms with Crippen molar-refractivity contribution in [3.8, 4) is 0 Å². The van der Waals surface area contributed by atoms with Gasteiger partial charge in [-0.3, -0.25) is 4.79 Å². The summed E-state index contributed by atoms with van der Waals surface area (Å²) in [5.74, 6) is -0.335. The monoisotopic (exact) mass is 568 g/mol. The Morgan fingerprint density at radius 2 is 1.15 bits per heavy atom. The molecular weight excluding hydrogens is 504 g/mol. The number of hydrogen-bond donors (Lipinski definition) is 3. The number of aliphatic hydroxyl groups excluding tert-OH is 3. The number of ether oxygens (including phenoxy) is 2. The lowest BCUT2D eigenvalue weighted by molar-refractivity contribution is -0.151. The zero-order valence-electron chi connectivity index (χ0n) is 25.9. The Kier molecular flexibility index (Phi) is 24.9. The molecule has 0 amide bonds. The third-order valence-electron chi connectivity index (χ3n) is 8.13. The van der Waals surface area contributed by atoms with Gasteiger partial charge < -0.3 is 24.8 Å². The van der Waals surface area contributed by atoms with Crippen LogP contribution in [-0.4, -0.2) is 58.9 Å². The average Bonchev–Trinajstić information content (AvgIpc) is 3.29. The topological polar surface area (TPSA) is 96.2 Å². The van der Waals surface area contributed by atoms with E-state index in [1.807, 2.05) is 0 Å². The lowest BCUT2D eigenvalue weighted by atomic mass is 10.0. The molecule has 0 spiro atoms. The number of hydrogen-bond acceptors (Lipinski definition) is 6. The first kappa shape index (κ1) is 37.1. The third kappa shape index (κ3) is 20.9. The summed E-state index contributed by atoms with van der Waals surface area (Å²) < 4.78 is 10.2. The molecule has 0 aliphatic carbocycles. The van der Waals surface area contributed by atoms with Gasteiger partial charge in [0.2, 0.25) is 0 Å². The van der Waals surface area contributed by atoms with E-state index in [4.69, 9.17) is 9.47 Å². The van der Waals surface area contributed by atoms with Crippen LogP contribution in [0.1, 0.15) is 161 Å². The molecule has 0 aromatic carbocycles. The molecule has 4 unspecified atom stereocenters. The van der Waals surface area contributed by atoms with Crippen molar-refractivity contribution in [3.05, 3.63) is 12.2 Å². The van der Waals surface area contributed by atoms with Gasteiger partial charge in [-0.1, -0.05) is 135 Å². The molecule has 236 valence electrons. The van der Waals surface area contributed by atoms with E-state index in [0.29, 0.717) is 6.42 Å². The van der Waals surface area contributed by atoms with E-state index in [9.17, 15) is 20.1 Å². The highest BCUT2D eigenvalue weighted by Gasteiger charge is 2.39. The van der Waals surface area contributed by atoms with Crippen LogP contribution >= 0.6 is 0 Å². The van der Waals surface area contributed by atoms with Crippen molar-refractivity contribution in [2.75, 3.05) is 13.2 Å². The number of aliphatic hydroxyl groups is 3. The van der Waals surface area contributed by atoms with Crippen molar-refractivity contribution in [1.29, 1.82) is 0 Å². The molecule has 40 heavy (non-hydrogen) atoms. The maximum absolute atomic E-state index is 11.9. The molecule has 1 rings (SSSR count). The van der Waals surface area contributed by atoms with Gasteiger partial charge in [-0.05, 0) is 32.1 Å². The Bertz CT molecular complexity index is 595. The Balaban J connectivity index is 1.74. The van der Waals surface area contributed by atoms with Crippen molar-refractivity contribution >= 4 is 5.97 Å². The predicted molar refractivity (Wildman–Crippen MR) is 164 cm³/mol. The molecule has 6 nitrogen and oxygen atoms in total. The van der Waals surface area contributed by atoms with Crippen LogP contribution in [0.4, 0.5) is 0 Å². The lowest BCUT2D eigenvalue weighted by Gasteiger charge is -2.20. The minimum Gasteiger partial charge on any atom is -0.463 e. The fraction of sp³-hybridized carbons (Fsp3) is 0.912. The van der Waals surface area contributed by atoms with Crippen LogP contribution in [0, 0.1) is 0 Å². The van der Waals surface area contributed by atoms with Gasteiger partial charge in [-0.25, -0.2) is 0 Å². The number of allylic oxidation sites excluding steroid dienone is 2. The maximum atomic E-state index is 11.9. The van der Waals surface area contributed by atoms with E-state index in [1.165, 1.54) is 128 Å². The first-order chi connectivity index (χ1) is 19.6. The van der Waals surface area contributed by atoms with Crippen LogP contribution in [0.25, 0.3) is 0 Å². The normalized spacial score (nSPS) is 19.9. The van der Waals surface area contributed by atoms with Crippen molar-refractivity contribution in [3.63, 3.8) is 0 Å². The first-order valence-corrected chi connectivity index (χ1v) is 17.0. The van der Waals surface area contributed by atoms with E-state index in [2.05, 4.69) is 19.1 Å². The number of carbonyl (C=O) groups excluding carboxylic acids is 1. The minimum atomic E-state index is -1.15. The highest BCUT2D eigenvalue weighted by atomic mass is 16.6. The summed E-state index contributed by atoms with van der Waals surface area (Å²) in [7, 11) is 0. The molecule has 6 heteroatoms. The molecule has 0 aromatic rings. The second-order valence-corrected chi connectivity index (χ2v) is 12.0. The molecule has 0 saturated carbocycles. The van der Waals surface area contributed by atoms with Gasteiger partial charge in [0.05, 0.1) is 6.61 Å². The molecule has 1 saturated heterocycles. The molecule has 0 aromatic heterocycles. The largest absolute Gasteiger partial charge is 0.463 e. The van der Waals surface area contributed by atoms with Crippen LogP contribution < -0.4 is 0 Å². The predicted octanol–water partition coefficient (Wildman–Crippen LogP) is 7.95. The Labute approximate surface area is 246 Å². The van der Waals surface area contributed by atoms with E-state index in [1.54, 1.807) is 0 Å². The van der Waals surface area contributed by atoms with Crippen LogP contribution in [0.15, 0.2) is 12.2 Å². The molecule has 1 heterocycles. The maximum Gasteiger partial charge on any atom is 0.305 e. The summed E-state index contributed by atoms with van der Waals surface area (Å²) in [5, 5.41) is 29.1. The first-order valence-electron chi connectivity index (χ1n) is 17.0. The SMILES string of the molecule is CCCCCCCC/C=C/CCCCCCCCCCCCCCCCCC(=O)OCC(O)C1OCC(O)C1O. The molecule has 3 N–H and O–H groups in total. The van der Waals surface area contributed by atoms with Crippen LogP contribution in [0.5, 0.6) is 0 Å². The summed E-state index contributed by atoms with van der Waals surface area (Å²) in [4.78, 5) is 11.9.